The molecule has 152 valence electrons. The molecule has 3 amide bonds. The van der Waals surface area contributed by atoms with E-state index in [9.17, 15) is 9.59 Å². The number of anilines is 2. The van der Waals surface area contributed by atoms with Crippen molar-refractivity contribution in [2.24, 2.45) is 7.05 Å². The van der Waals surface area contributed by atoms with Crippen LogP contribution in [-0.4, -0.2) is 63.2 Å². The van der Waals surface area contributed by atoms with Gasteiger partial charge in [0.2, 0.25) is 5.91 Å². The van der Waals surface area contributed by atoms with E-state index in [1.807, 2.05) is 12.1 Å². The summed E-state index contributed by atoms with van der Waals surface area (Å²) >= 11 is 1.49. The molecular formula is C19H23N7O2S. The van der Waals surface area contributed by atoms with Crippen LogP contribution in [-0.2, 0) is 11.8 Å². The standard InChI is InChI=1S/C19H23N7O2S/c1-13(18(27)22-14-11-20-24(2)12-14)21-19(28)26-9-7-25(8-10-26)17-15-5-3-4-6-16(15)29-23-17/h3-6,11-13H,7-10H2,1-2H3,(H,21,28)(H,22,27)/t13-/m1/s1. The largest absolute Gasteiger partial charge is 0.352 e. The van der Waals surface area contributed by atoms with Crippen LogP contribution in [0, 0.1) is 0 Å². The fraction of sp³-hybridized carbons (Fsp3) is 0.368. The maximum atomic E-state index is 12.6. The van der Waals surface area contributed by atoms with Crippen molar-refractivity contribution in [1.29, 1.82) is 0 Å². The first kappa shape index (κ1) is 19.2. The van der Waals surface area contributed by atoms with E-state index in [1.165, 1.54) is 11.5 Å². The number of fused-ring (bicyclic) bond motifs is 1. The van der Waals surface area contributed by atoms with Crippen molar-refractivity contribution >= 4 is 45.1 Å². The molecule has 1 atom stereocenters. The smallest absolute Gasteiger partial charge is 0.318 e. The second kappa shape index (κ2) is 8.08. The van der Waals surface area contributed by atoms with Gasteiger partial charge in [0.15, 0.2) is 0 Å². The molecule has 2 aromatic heterocycles. The summed E-state index contributed by atoms with van der Waals surface area (Å²) in [5.74, 6) is 0.703. The minimum absolute atomic E-state index is 0.235. The molecule has 0 unspecified atom stereocenters. The van der Waals surface area contributed by atoms with Crippen molar-refractivity contribution in [2.45, 2.75) is 13.0 Å². The number of nitrogens with one attached hydrogen (secondary N) is 2. The summed E-state index contributed by atoms with van der Waals surface area (Å²) in [6, 6.07) is 7.29. The molecule has 0 saturated carbocycles. The third-order valence-electron chi connectivity index (χ3n) is 4.93. The third-order valence-corrected chi connectivity index (χ3v) is 5.75. The van der Waals surface area contributed by atoms with Crippen LogP contribution in [0.25, 0.3) is 10.1 Å². The SMILES string of the molecule is C[C@@H](NC(=O)N1CCN(c2nsc3ccccc23)CC1)C(=O)Nc1cnn(C)c1. The lowest BCUT2D eigenvalue weighted by Gasteiger charge is -2.35. The zero-order valence-electron chi connectivity index (χ0n) is 16.3. The number of hydrogen-bond donors (Lipinski definition) is 2. The van der Waals surface area contributed by atoms with Crippen molar-refractivity contribution < 1.29 is 9.59 Å². The molecule has 3 aromatic rings. The molecule has 1 aromatic carbocycles. The number of hydrogen-bond acceptors (Lipinski definition) is 6. The van der Waals surface area contributed by atoms with E-state index in [0.29, 0.717) is 31.9 Å². The lowest BCUT2D eigenvalue weighted by Crippen LogP contribution is -2.54. The Morgan fingerprint density at radius 3 is 2.66 bits per heavy atom. The van der Waals surface area contributed by atoms with Gasteiger partial charge in [-0.2, -0.15) is 9.47 Å². The van der Waals surface area contributed by atoms with E-state index in [2.05, 4.69) is 37.1 Å². The lowest BCUT2D eigenvalue weighted by molar-refractivity contribution is -0.117. The first-order valence-corrected chi connectivity index (χ1v) is 10.2. The summed E-state index contributed by atoms with van der Waals surface area (Å²) in [6.07, 6.45) is 3.27. The zero-order valence-corrected chi connectivity index (χ0v) is 17.1. The molecule has 0 aliphatic carbocycles. The Morgan fingerprint density at radius 1 is 1.17 bits per heavy atom. The molecule has 0 bridgehead atoms. The van der Waals surface area contributed by atoms with E-state index >= 15 is 0 Å². The van der Waals surface area contributed by atoms with E-state index in [1.54, 1.807) is 35.9 Å². The van der Waals surface area contributed by atoms with Crippen molar-refractivity contribution in [3.63, 3.8) is 0 Å². The molecule has 29 heavy (non-hydrogen) atoms. The van der Waals surface area contributed by atoms with Crippen molar-refractivity contribution in [1.82, 2.24) is 24.4 Å². The van der Waals surface area contributed by atoms with Crippen LogP contribution in [0.15, 0.2) is 36.7 Å². The molecule has 1 aliphatic rings. The minimum Gasteiger partial charge on any atom is -0.352 e. The number of piperazine rings is 1. The number of nitrogens with zero attached hydrogens (tertiary/aromatic N) is 5. The minimum atomic E-state index is -0.650. The summed E-state index contributed by atoms with van der Waals surface area (Å²) < 4.78 is 7.35. The highest BCUT2D eigenvalue weighted by Gasteiger charge is 2.25. The Morgan fingerprint density at radius 2 is 1.93 bits per heavy atom. The second-order valence-electron chi connectivity index (χ2n) is 7.04. The predicted molar refractivity (Wildman–Crippen MR) is 113 cm³/mol. The topological polar surface area (TPSA) is 95.4 Å². The van der Waals surface area contributed by atoms with Crippen molar-refractivity contribution in [2.75, 3.05) is 36.4 Å². The summed E-state index contributed by atoms with van der Waals surface area (Å²) in [5.41, 5.74) is 0.600. The first-order valence-electron chi connectivity index (χ1n) is 9.45. The average molecular weight is 414 g/mol. The number of amides is 3. The molecule has 1 saturated heterocycles. The molecule has 10 heteroatoms. The van der Waals surface area contributed by atoms with Gasteiger partial charge >= 0.3 is 6.03 Å². The van der Waals surface area contributed by atoms with E-state index in [-0.39, 0.29) is 11.9 Å². The summed E-state index contributed by atoms with van der Waals surface area (Å²) in [5, 5.41) is 10.7. The number of aryl methyl sites for hydroxylation is 1. The van der Waals surface area contributed by atoms with Crippen LogP contribution in [0.3, 0.4) is 0 Å². The number of carbonyl (C=O) groups excluding carboxylic acids is 2. The van der Waals surface area contributed by atoms with Crippen LogP contribution in [0.5, 0.6) is 0 Å². The quantitative estimate of drug-likeness (QED) is 0.681. The van der Waals surface area contributed by atoms with E-state index < -0.39 is 6.04 Å². The monoisotopic (exact) mass is 413 g/mol. The molecule has 0 spiro atoms. The van der Waals surface area contributed by atoms with Crippen LogP contribution in [0.1, 0.15) is 6.92 Å². The maximum absolute atomic E-state index is 12.6. The number of benzene rings is 1. The normalized spacial score (nSPS) is 15.4. The predicted octanol–water partition coefficient (Wildman–Crippen LogP) is 1.89. The van der Waals surface area contributed by atoms with Gasteiger partial charge in [-0.15, -0.1) is 0 Å². The van der Waals surface area contributed by atoms with E-state index in [0.717, 1.165) is 15.9 Å². The van der Waals surface area contributed by atoms with Gasteiger partial charge in [-0.05, 0) is 30.6 Å². The molecular weight excluding hydrogens is 390 g/mol. The fourth-order valence-electron chi connectivity index (χ4n) is 3.30. The zero-order chi connectivity index (χ0) is 20.4. The first-order chi connectivity index (χ1) is 14.0. The summed E-state index contributed by atoms with van der Waals surface area (Å²) in [6.45, 7) is 4.24. The molecule has 1 aliphatic heterocycles. The highest BCUT2D eigenvalue weighted by molar-refractivity contribution is 7.13. The Bertz CT molecular complexity index is 1020. The second-order valence-corrected chi connectivity index (χ2v) is 7.84. The Labute approximate surface area is 172 Å². The van der Waals surface area contributed by atoms with Crippen molar-refractivity contribution in [3.8, 4) is 0 Å². The summed E-state index contributed by atoms with van der Waals surface area (Å²) in [4.78, 5) is 28.8. The van der Waals surface area contributed by atoms with E-state index in [4.69, 9.17) is 0 Å². The van der Waals surface area contributed by atoms with Gasteiger partial charge in [-0.25, -0.2) is 4.79 Å². The summed E-state index contributed by atoms with van der Waals surface area (Å²) in [7, 11) is 1.77. The maximum Gasteiger partial charge on any atom is 0.318 e. The fourth-order valence-corrected chi connectivity index (χ4v) is 4.10. The van der Waals surface area contributed by atoms with Crippen LogP contribution >= 0.6 is 11.5 Å². The third kappa shape index (κ3) is 4.16. The molecule has 3 heterocycles. The van der Waals surface area contributed by atoms with Gasteiger partial charge in [0, 0.05) is 44.8 Å². The highest BCUT2D eigenvalue weighted by Crippen LogP contribution is 2.29. The molecule has 2 N–H and O–H groups in total. The average Bonchev–Trinajstić information content (AvgIpc) is 3.34. The van der Waals surface area contributed by atoms with Gasteiger partial charge in [0.05, 0.1) is 16.6 Å². The molecule has 1 fully saturated rings. The molecule has 9 nitrogen and oxygen atoms in total. The van der Waals surface area contributed by atoms with Gasteiger partial charge in [0.25, 0.3) is 0 Å². The van der Waals surface area contributed by atoms with Crippen LogP contribution in [0.4, 0.5) is 16.3 Å². The number of rotatable bonds is 4. The van der Waals surface area contributed by atoms with Crippen LogP contribution < -0.4 is 15.5 Å². The van der Waals surface area contributed by atoms with Gasteiger partial charge < -0.3 is 20.4 Å². The van der Waals surface area contributed by atoms with Gasteiger partial charge in [-0.1, -0.05) is 12.1 Å². The Kier molecular flexibility index (Phi) is 5.34. The van der Waals surface area contributed by atoms with Crippen molar-refractivity contribution in [3.05, 3.63) is 36.7 Å². The van der Waals surface area contributed by atoms with Crippen LogP contribution in [0.2, 0.25) is 0 Å². The Balaban J connectivity index is 1.30. The van der Waals surface area contributed by atoms with Gasteiger partial charge in [-0.3, -0.25) is 9.48 Å². The number of urea groups is 1. The number of carbonyl (C=O) groups is 2. The Hall–Kier alpha value is -3.14. The number of aromatic nitrogens is 3. The highest BCUT2D eigenvalue weighted by atomic mass is 32.1. The molecule has 4 rings (SSSR count). The molecule has 0 radical (unpaired) electrons. The van der Waals surface area contributed by atoms with Gasteiger partial charge in [0.1, 0.15) is 11.9 Å². The lowest BCUT2D eigenvalue weighted by atomic mass is 10.2.